The van der Waals surface area contributed by atoms with Crippen LogP contribution in [0, 0.1) is 5.41 Å². The van der Waals surface area contributed by atoms with Crippen molar-refractivity contribution in [3.8, 4) is 16.9 Å². The summed E-state index contributed by atoms with van der Waals surface area (Å²) in [4.78, 5) is 19.9. The van der Waals surface area contributed by atoms with Gasteiger partial charge in [-0.1, -0.05) is 0 Å². The minimum Gasteiger partial charge on any atom is -0.497 e. The maximum atomic E-state index is 13.9. The van der Waals surface area contributed by atoms with E-state index in [2.05, 4.69) is 10.1 Å². The Morgan fingerprint density at radius 2 is 1.95 bits per heavy atom. The standard InChI is InChI=1S/C25H23F3N6O2S/c1-32-14-21(22(31-32)25(26,27)28)19-9-15(12-34-7-8-37-24(34)29)10-20-18(19)4-6-33(23(20)35)13-16-11-17(36-2)3-5-30-16/h3,5,7-11,14,29H,4,6,12-13H2,1-2H3. The number of nitrogens with one attached hydrogen (secondary N) is 1. The Kier molecular flexibility index (Phi) is 6.36. The summed E-state index contributed by atoms with van der Waals surface area (Å²) in [5, 5.41) is 13.5. The molecule has 4 aromatic rings. The van der Waals surface area contributed by atoms with Crippen molar-refractivity contribution < 1.29 is 22.7 Å². The lowest BCUT2D eigenvalue weighted by molar-refractivity contribution is -0.140. The highest BCUT2D eigenvalue weighted by Gasteiger charge is 2.39. The largest absolute Gasteiger partial charge is 0.497 e. The lowest BCUT2D eigenvalue weighted by atomic mass is 9.88. The maximum absolute atomic E-state index is 13.9. The molecule has 1 aliphatic rings. The highest BCUT2D eigenvalue weighted by atomic mass is 32.1. The summed E-state index contributed by atoms with van der Waals surface area (Å²) in [6.07, 6.45) is 0.401. The van der Waals surface area contributed by atoms with Crippen LogP contribution in [0.4, 0.5) is 13.2 Å². The summed E-state index contributed by atoms with van der Waals surface area (Å²) >= 11 is 1.24. The van der Waals surface area contributed by atoms with Crippen LogP contribution in [-0.2, 0) is 32.7 Å². The summed E-state index contributed by atoms with van der Waals surface area (Å²) in [5.41, 5.74) is 1.45. The van der Waals surface area contributed by atoms with E-state index in [1.54, 1.807) is 58.6 Å². The molecule has 0 saturated carbocycles. The zero-order valence-electron chi connectivity index (χ0n) is 20.0. The molecule has 1 aromatic carbocycles. The zero-order chi connectivity index (χ0) is 26.3. The Morgan fingerprint density at radius 3 is 2.65 bits per heavy atom. The van der Waals surface area contributed by atoms with E-state index in [0.29, 0.717) is 51.5 Å². The van der Waals surface area contributed by atoms with Crippen LogP contribution in [-0.4, -0.2) is 43.8 Å². The molecule has 12 heteroatoms. The van der Waals surface area contributed by atoms with Crippen molar-refractivity contribution in [2.45, 2.75) is 25.7 Å². The molecule has 3 aromatic heterocycles. The fourth-order valence-electron chi connectivity index (χ4n) is 4.58. The van der Waals surface area contributed by atoms with Crippen LogP contribution >= 0.6 is 11.3 Å². The number of amides is 1. The number of nitrogens with zero attached hydrogens (tertiary/aromatic N) is 5. The number of hydrogen-bond acceptors (Lipinski definition) is 6. The molecule has 0 bridgehead atoms. The van der Waals surface area contributed by atoms with E-state index >= 15 is 0 Å². The molecule has 0 unspecified atom stereocenters. The summed E-state index contributed by atoms with van der Waals surface area (Å²) < 4.78 is 49.7. The van der Waals surface area contributed by atoms with Crippen LogP contribution in [0.25, 0.3) is 11.1 Å². The number of methoxy groups -OCH3 is 1. The van der Waals surface area contributed by atoms with E-state index in [-0.39, 0.29) is 24.6 Å². The van der Waals surface area contributed by atoms with Crippen LogP contribution in [0.15, 0.2) is 48.2 Å². The Labute approximate surface area is 214 Å². The molecule has 1 N–H and O–H groups in total. The molecule has 0 atom stereocenters. The fourth-order valence-corrected chi connectivity index (χ4v) is 5.18. The van der Waals surface area contributed by atoms with E-state index in [9.17, 15) is 18.0 Å². The van der Waals surface area contributed by atoms with Gasteiger partial charge in [-0.05, 0) is 41.3 Å². The number of alkyl halides is 3. The number of hydrogen-bond donors (Lipinski definition) is 1. The first kappa shape index (κ1) is 24.8. The Balaban J connectivity index is 1.60. The lowest BCUT2D eigenvalue weighted by Crippen LogP contribution is -2.37. The third-order valence-corrected chi connectivity index (χ3v) is 6.97. The monoisotopic (exact) mass is 528 g/mol. The average Bonchev–Trinajstić information content (AvgIpc) is 3.46. The molecule has 1 aliphatic heterocycles. The normalized spacial score (nSPS) is 13.6. The van der Waals surface area contributed by atoms with Gasteiger partial charge in [-0.25, -0.2) is 0 Å². The highest BCUT2D eigenvalue weighted by molar-refractivity contribution is 7.06. The van der Waals surface area contributed by atoms with Crippen molar-refractivity contribution in [3.05, 3.63) is 81.1 Å². The number of fused-ring (bicyclic) bond motifs is 1. The third-order valence-electron chi connectivity index (χ3n) is 6.26. The van der Waals surface area contributed by atoms with Gasteiger partial charge in [-0.15, -0.1) is 11.3 Å². The fraction of sp³-hybridized carbons (Fsp3) is 0.280. The Bertz CT molecular complexity index is 1540. The minimum atomic E-state index is -4.65. The molecular weight excluding hydrogens is 505 g/mol. The van der Waals surface area contributed by atoms with Gasteiger partial charge in [0.05, 0.1) is 19.3 Å². The molecule has 4 heterocycles. The van der Waals surface area contributed by atoms with Crippen LogP contribution in [0.5, 0.6) is 5.75 Å². The van der Waals surface area contributed by atoms with Crippen LogP contribution in [0.2, 0.25) is 0 Å². The van der Waals surface area contributed by atoms with Crippen LogP contribution < -0.4 is 9.54 Å². The van der Waals surface area contributed by atoms with Gasteiger partial charge in [0, 0.05) is 61.3 Å². The number of carbonyl (C=O) groups is 1. The Hall–Kier alpha value is -3.93. The number of ether oxygens (including phenoxy) is 1. The number of halogens is 3. The van der Waals surface area contributed by atoms with Crippen molar-refractivity contribution in [2.24, 2.45) is 7.05 Å². The number of rotatable bonds is 6. The second-order valence-corrected chi connectivity index (χ2v) is 9.63. The zero-order valence-corrected chi connectivity index (χ0v) is 20.9. The number of aryl methyl sites for hydroxylation is 1. The van der Waals surface area contributed by atoms with Gasteiger partial charge in [0.15, 0.2) is 10.5 Å². The van der Waals surface area contributed by atoms with Crippen LogP contribution in [0.1, 0.15) is 32.9 Å². The smallest absolute Gasteiger partial charge is 0.435 e. The molecule has 5 rings (SSSR count). The molecule has 8 nitrogen and oxygen atoms in total. The average molecular weight is 529 g/mol. The SMILES string of the molecule is COc1ccnc(CN2CCc3c(cc(Cn4ccsc4=N)cc3-c3cn(C)nc3C(F)(F)F)C2=O)c1. The topological polar surface area (TPSA) is 89.0 Å². The molecule has 37 heavy (non-hydrogen) atoms. The Morgan fingerprint density at radius 1 is 1.16 bits per heavy atom. The van der Waals surface area contributed by atoms with E-state index in [1.165, 1.54) is 24.6 Å². The second kappa shape index (κ2) is 9.51. The molecular formula is C25H23F3N6O2S. The molecule has 192 valence electrons. The van der Waals surface area contributed by atoms with Crippen LogP contribution in [0.3, 0.4) is 0 Å². The molecule has 1 amide bonds. The van der Waals surface area contributed by atoms with Crippen molar-refractivity contribution in [1.29, 1.82) is 5.41 Å². The molecule has 0 aliphatic carbocycles. The van der Waals surface area contributed by atoms with Gasteiger partial charge >= 0.3 is 6.18 Å². The number of pyridine rings is 1. The first-order valence-corrected chi connectivity index (χ1v) is 12.3. The molecule has 0 spiro atoms. The highest BCUT2D eigenvalue weighted by Crippen LogP contribution is 2.40. The van der Waals surface area contributed by atoms with Gasteiger partial charge in [-0.2, -0.15) is 18.3 Å². The first-order valence-electron chi connectivity index (χ1n) is 11.4. The first-order chi connectivity index (χ1) is 17.6. The van der Waals surface area contributed by atoms with Gasteiger partial charge in [-0.3, -0.25) is 19.9 Å². The summed E-state index contributed by atoms with van der Waals surface area (Å²) in [6.45, 7) is 0.815. The maximum Gasteiger partial charge on any atom is 0.435 e. The van der Waals surface area contributed by atoms with E-state index in [4.69, 9.17) is 10.1 Å². The van der Waals surface area contributed by atoms with Crippen molar-refractivity contribution >= 4 is 17.2 Å². The van der Waals surface area contributed by atoms with E-state index in [0.717, 1.165) is 4.68 Å². The number of carbonyl (C=O) groups excluding carboxylic acids is 1. The quantitative estimate of drug-likeness (QED) is 0.408. The van der Waals surface area contributed by atoms with E-state index < -0.39 is 11.9 Å². The summed E-state index contributed by atoms with van der Waals surface area (Å²) in [5.74, 6) is 0.336. The molecule has 0 saturated heterocycles. The summed E-state index contributed by atoms with van der Waals surface area (Å²) in [6, 6.07) is 6.87. The van der Waals surface area contributed by atoms with Gasteiger partial charge in [0.1, 0.15) is 5.75 Å². The molecule has 0 radical (unpaired) electrons. The summed E-state index contributed by atoms with van der Waals surface area (Å²) in [7, 11) is 2.99. The van der Waals surface area contributed by atoms with Gasteiger partial charge < -0.3 is 14.2 Å². The lowest BCUT2D eigenvalue weighted by Gasteiger charge is -2.30. The van der Waals surface area contributed by atoms with Crippen molar-refractivity contribution in [2.75, 3.05) is 13.7 Å². The van der Waals surface area contributed by atoms with Gasteiger partial charge in [0.25, 0.3) is 5.91 Å². The third kappa shape index (κ3) is 4.88. The predicted octanol–water partition coefficient (Wildman–Crippen LogP) is 4.10. The number of benzene rings is 1. The molecule has 0 fully saturated rings. The number of thiazole rings is 1. The van der Waals surface area contributed by atoms with Gasteiger partial charge in [0.2, 0.25) is 0 Å². The van der Waals surface area contributed by atoms with Crippen molar-refractivity contribution in [3.63, 3.8) is 0 Å². The van der Waals surface area contributed by atoms with E-state index in [1.807, 2.05) is 0 Å². The number of aromatic nitrogens is 4. The predicted molar refractivity (Wildman–Crippen MR) is 130 cm³/mol. The minimum absolute atomic E-state index is 0.0646. The van der Waals surface area contributed by atoms with Crippen molar-refractivity contribution in [1.82, 2.24) is 24.2 Å². The second-order valence-electron chi connectivity index (χ2n) is 8.73.